The SMILES string of the molecule is N#CCOc1c(Br)cc(/C=N\NC(=O)c2ccc(-c3csc(Nc4ccc(Cl)cc4)n3)cc2)cc1Br. The van der Waals surface area contributed by atoms with E-state index >= 15 is 0 Å². The van der Waals surface area contributed by atoms with E-state index in [1.807, 2.05) is 47.8 Å². The third-order valence-electron chi connectivity index (χ3n) is 4.72. The molecule has 0 saturated heterocycles. The standard InChI is InChI=1S/C25H16Br2ClN5O2S/c26-20-11-15(12-21(27)23(20)35-10-9-29)13-30-33-24(34)17-3-1-16(2-4-17)22-14-36-25(32-22)31-19-7-5-18(28)6-8-19/h1-8,11-14H,10H2,(H,31,32)(H,33,34)/b30-13-. The number of amides is 1. The molecule has 2 N–H and O–H groups in total. The number of nitrogens with zero attached hydrogens (tertiary/aromatic N) is 3. The number of anilines is 2. The molecule has 4 aromatic rings. The molecular formula is C25H16Br2ClN5O2S. The van der Waals surface area contributed by atoms with Crippen molar-refractivity contribution in [1.29, 1.82) is 5.26 Å². The minimum atomic E-state index is -0.340. The third kappa shape index (κ3) is 6.71. The highest BCUT2D eigenvalue weighted by Gasteiger charge is 2.10. The number of carbonyl (C=O) groups excluding carboxylic acids is 1. The van der Waals surface area contributed by atoms with Gasteiger partial charge < -0.3 is 10.1 Å². The van der Waals surface area contributed by atoms with Crippen molar-refractivity contribution >= 4 is 77.7 Å². The van der Waals surface area contributed by atoms with Gasteiger partial charge >= 0.3 is 0 Å². The predicted octanol–water partition coefficient (Wildman–Crippen LogP) is 7.40. The van der Waals surface area contributed by atoms with Crippen LogP contribution in [0.1, 0.15) is 15.9 Å². The molecule has 0 saturated carbocycles. The van der Waals surface area contributed by atoms with Crippen LogP contribution in [0.15, 0.2) is 80.1 Å². The molecule has 11 heteroatoms. The van der Waals surface area contributed by atoms with Crippen LogP contribution in [0, 0.1) is 11.3 Å². The van der Waals surface area contributed by atoms with E-state index in [4.69, 9.17) is 21.6 Å². The molecule has 1 heterocycles. The van der Waals surface area contributed by atoms with Crippen LogP contribution >= 0.6 is 54.8 Å². The Balaban J connectivity index is 1.36. The summed E-state index contributed by atoms with van der Waals surface area (Å²) in [6.45, 7) is -0.0661. The number of nitriles is 1. The van der Waals surface area contributed by atoms with Gasteiger partial charge in [-0.1, -0.05) is 23.7 Å². The van der Waals surface area contributed by atoms with Gasteiger partial charge in [0.2, 0.25) is 0 Å². The Bertz CT molecular complexity index is 1430. The number of thiazole rings is 1. The summed E-state index contributed by atoms with van der Waals surface area (Å²) in [7, 11) is 0. The molecule has 0 aliphatic heterocycles. The first-order chi connectivity index (χ1) is 17.4. The third-order valence-corrected chi connectivity index (χ3v) is 6.91. The summed E-state index contributed by atoms with van der Waals surface area (Å²) < 4.78 is 6.68. The maximum atomic E-state index is 12.5. The summed E-state index contributed by atoms with van der Waals surface area (Å²) in [5.74, 6) is 0.180. The monoisotopic (exact) mass is 643 g/mol. The molecule has 0 aliphatic rings. The van der Waals surface area contributed by atoms with Gasteiger partial charge in [-0.15, -0.1) is 11.3 Å². The summed E-state index contributed by atoms with van der Waals surface area (Å²) in [4.78, 5) is 17.1. The summed E-state index contributed by atoms with van der Waals surface area (Å²) in [5.41, 5.74) is 6.31. The molecule has 0 bridgehead atoms. The van der Waals surface area contributed by atoms with Gasteiger partial charge in [-0.25, -0.2) is 10.4 Å². The number of hydrogen-bond donors (Lipinski definition) is 2. The zero-order valence-corrected chi connectivity index (χ0v) is 23.1. The first-order valence-electron chi connectivity index (χ1n) is 10.3. The first-order valence-corrected chi connectivity index (χ1v) is 13.2. The zero-order valence-electron chi connectivity index (χ0n) is 18.3. The fraction of sp³-hybridized carbons (Fsp3) is 0.0400. The van der Waals surface area contributed by atoms with Crippen LogP contribution in [-0.2, 0) is 0 Å². The van der Waals surface area contributed by atoms with E-state index in [-0.39, 0.29) is 12.5 Å². The summed E-state index contributed by atoms with van der Waals surface area (Å²) in [6.07, 6.45) is 1.51. The molecule has 0 radical (unpaired) electrons. The van der Waals surface area contributed by atoms with Gasteiger partial charge in [-0.3, -0.25) is 4.79 Å². The van der Waals surface area contributed by atoms with Crippen LogP contribution in [0.2, 0.25) is 5.02 Å². The number of rotatable bonds is 8. The maximum absolute atomic E-state index is 12.5. The lowest BCUT2D eigenvalue weighted by Crippen LogP contribution is -2.17. The molecule has 1 amide bonds. The van der Waals surface area contributed by atoms with Crippen molar-refractivity contribution in [3.05, 3.63) is 91.1 Å². The van der Waals surface area contributed by atoms with Crippen molar-refractivity contribution < 1.29 is 9.53 Å². The molecule has 7 nitrogen and oxygen atoms in total. The Morgan fingerprint density at radius 3 is 2.50 bits per heavy atom. The summed E-state index contributed by atoms with van der Waals surface area (Å²) in [5, 5.41) is 19.3. The van der Waals surface area contributed by atoms with Gasteiger partial charge in [0.05, 0.1) is 20.9 Å². The molecule has 1 aromatic heterocycles. The molecule has 180 valence electrons. The quantitative estimate of drug-likeness (QED) is 0.154. The normalized spacial score (nSPS) is 10.7. The predicted molar refractivity (Wildman–Crippen MR) is 150 cm³/mol. The Morgan fingerprint density at radius 2 is 1.83 bits per heavy atom. The van der Waals surface area contributed by atoms with E-state index in [0.29, 0.717) is 25.3 Å². The first kappa shape index (κ1) is 25.9. The Hall–Kier alpha value is -3.23. The van der Waals surface area contributed by atoms with E-state index in [9.17, 15) is 4.79 Å². The van der Waals surface area contributed by atoms with Gasteiger partial charge in [0, 0.05) is 27.2 Å². The number of benzene rings is 3. The Morgan fingerprint density at radius 1 is 1.14 bits per heavy atom. The lowest BCUT2D eigenvalue weighted by molar-refractivity contribution is 0.0955. The van der Waals surface area contributed by atoms with Crippen molar-refractivity contribution in [2.45, 2.75) is 0 Å². The van der Waals surface area contributed by atoms with Crippen LogP contribution in [0.5, 0.6) is 5.75 Å². The second kappa shape index (κ2) is 12.1. The van der Waals surface area contributed by atoms with Crippen molar-refractivity contribution in [2.75, 3.05) is 11.9 Å². The average Bonchev–Trinajstić information content (AvgIpc) is 3.33. The lowest BCUT2D eigenvalue weighted by Gasteiger charge is -2.08. The minimum absolute atomic E-state index is 0.0661. The maximum Gasteiger partial charge on any atom is 0.271 e. The smallest absolute Gasteiger partial charge is 0.271 e. The van der Waals surface area contributed by atoms with Crippen LogP contribution in [0.4, 0.5) is 10.8 Å². The molecule has 0 spiro atoms. The van der Waals surface area contributed by atoms with Crippen molar-refractivity contribution in [1.82, 2.24) is 10.4 Å². The molecule has 0 unspecified atom stereocenters. The number of ether oxygens (including phenoxy) is 1. The van der Waals surface area contributed by atoms with E-state index in [1.54, 1.807) is 24.3 Å². The van der Waals surface area contributed by atoms with Gasteiger partial charge in [0.25, 0.3) is 5.91 Å². The number of halogens is 3. The highest BCUT2D eigenvalue weighted by atomic mass is 79.9. The molecule has 36 heavy (non-hydrogen) atoms. The van der Waals surface area contributed by atoms with E-state index in [1.165, 1.54) is 17.6 Å². The van der Waals surface area contributed by atoms with Gasteiger partial charge in [0.15, 0.2) is 11.7 Å². The minimum Gasteiger partial charge on any atom is -0.476 e. The molecular weight excluding hydrogens is 630 g/mol. The van der Waals surface area contributed by atoms with Crippen LogP contribution in [0.3, 0.4) is 0 Å². The largest absolute Gasteiger partial charge is 0.476 e. The Kier molecular flexibility index (Phi) is 8.72. The lowest BCUT2D eigenvalue weighted by atomic mass is 10.1. The number of nitrogens with one attached hydrogen (secondary N) is 2. The van der Waals surface area contributed by atoms with Crippen LogP contribution < -0.4 is 15.5 Å². The number of aromatic nitrogens is 1. The molecule has 0 atom stereocenters. The van der Waals surface area contributed by atoms with E-state index in [2.05, 4.69) is 52.7 Å². The number of hydrogen-bond acceptors (Lipinski definition) is 7. The van der Waals surface area contributed by atoms with E-state index < -0.39 is 0 Å². The van der Waals surface area contributed by atoms with Crippen LogP contribution in [0.25, 0.3) is 11.3 Å². The summed E-state index contributed by atoms with van der Waals surface area (Å²) in [6, 6.07) is 20.0. The number of hydrazone groups is 1. The average molecular weight is 646 g/mol. The molecule has 4 rings (SSSR count). The van der Waals surface area contributed by atoms with Crippen molar-refractivity contribution in [2.24, 2.45) is 5.10 Å². The second-order valence-corrected chi connectivity index (χ2v) is 10.2. The molecule has 3 aromatic carbocycles. The topological polar surface area (TPSA) is 99.4 Å². The van der Waals surface area contributed by atoms with Gasteiger partial charge in [-0.2, -0.15) is 10.4 Å². The second-order valence-electron chi connectivity index (χ2n) is 7.21. The molecule has 0 fully saturated rings. The van der Waals surface area contributed by atoms with Gasteiger partial charge in [0.1, 0.15) is 11.8 Å². The van der Waals surface area contributed by atoms with E-state index in [0.717, 1.165) is 27.6 Å². The fourth-order valence-electron chi connectivity index (χ4n) is 3.04. The highest BCUT2D eigenvalue weighted by Crippen LogP contribution is 2.34. The highest BCUT2D eigenvalue weighted by molar-refractivity contribution is 9.11. The fourth-order valence-corrected chi connectivity index (χ4v) is 5.36. The zero-order chi connectivity index (χ0) is 25.5. The Labute approximate surface area is 233 Å². The van der Waals surface area contributed by atoms with Crippen molar-refractivity contribution in [3.63, 3.8) is 0 Å². The van der Waals surface area contributed by atoms with Gasteiger partial charge in [-0.05, 0) is 86.0 Å². The molecule has 0 aliphatic carbocycles. The number of carbonyl (C=O) groups is 1. The van der Waals surface area contributed by atoms with Crippen LogP contribution in [-0.4, -0.2) is 23.7 Å². The summed E-state index contributed by atoms with van der Waals surface area (Å²) >= 11 is 14.2. The van der Waals surface area contributed by atoms with Crippen molar-refractivity contribution in [3.8, 4) is 23.1 Å².